The van der Waals surface area contributed by atoms with Crippen molar-refractivity contribution in [3.63, 3.8) is 0 Å². The minimum absolute atomic E-state index is 0. The third kappa shape index (κ3) is 25.2. The summed E-state index contributed by atoms with van der Waals surface area (Å²) in [5.74, 6) is 0. The van der Waals surface area contributed by atoms with Crippen LogP contribution in [0.5, 0.6) is 0 Å². The van der Waals surface area contributed by atoms with Crippen LogP contribution >= 0.6 is 0 Å². The van der Waals surface area contributed by atoms with Crippen LogP contribution in [0.2, 0.25) is 0 Å². The molecule has 0 aromatic rings. The molecule has 0 N–H and O–H groups in total. The van der Waals surface area contributed by atoms with Crippen molar-refractivity contribution in [2.45, 2.75) is 0 Å². The molecule has 0 aliphatic heterocycles. The smallest absolute Gasteiger partial charge is 0 e. The Morgan fingerprint density at radius 2 is 1.75 bits per heavy atom. The second-order valence-corrected chi connectivity index (χ2v) is 0.0745. The second kappa shape index (κ2) is 14.3. The van der Waals surface area contributed by atoms with Crippen LogP contribution in [-0.4, -0.2) is 0 Å². The summed E-state index contributed by atoms with van der Waals surface area (Å²) < 4.78 is 0. The summed E-state index contributed by atoms with van der Waals surface area (Å²) >= 11 is 0. The number of rotatable bonds is 0. The first kappa shape index (κ1) is 9.21. The summed E-state index contributed by atoms with van der Waals surface area (Å²) in [4.78, 5) is 8.00. The SMILES string of the molecule is O=N[O-].[Am]. The number of hydrogen-bond donors (Lipinski definition) is 0. The van der Waals surface area contributed by atoms with E-state index < -0.39 is 0 Å². The molecule has 0 spiro atoms. The van der Waals surface area contributed by atoms with Gasteiger partial charge in [0.05, 0.1) is 0 Å². The van der Waals surface area contributed by atoms with Crippen molar-refractivity contribution in [2.24, 2.45) is 5.34 Å². The predicted molar refractivity (Wildman–Crippen MR) is 9.16 cm³/mol. The summed E-state index contributed by atoms with van der Waals surface area (Å²) in [7, 11) is 0. The van der Waals surface area contributed by atoms with E-state index in [4.69, 9.17) is 10.1 Å². The zero-order chi connectivity index (χ0) is 2.71. The van der Waals surface area contributed by atoms with Gasteiger partial charge < -0.3 is 10.1 Å². The van der Waals surface area contributed by atoms with Crippen molar-refractivity contribution in [1.82, 2.24) is 0 Å². The first-order valence-corrected chi connectivity index (χ1v) is 0.365. The van der Waals surface area contributed by atoms with E-state index in [2.05, 4.69) is 0 Å². The van der Waals surface area contributed by atoms with Gasteiger partial charge in [-0.25, -0.2) is 0 Å². The van der Waals surface area contributed by atoms with E-state index in [-0.39, 0.29) is 14.3 Å². The molecule has 0 aliphatic carbocycles. The van der Waals surface area contributed by atoms with E-state index in [1.54, 1.807) is 0 Å². The minimum atomic E-state index is 0. The van der Waals surface area contributed by atoms with Crippen molar-refractivity contribution in [3.8, 4) is 0 Å². The molecule has 1 radical (unpaired) electrons. The normalized spacial score (nSPS) is 3.00. The van der Waals surface area contributed by atoms with Crippen LogP contribution < -0.4 is 0 Å². The van der Waals surface area contributed by atoms with Gasteiger partial charge in [0.1, 0.15) is 0 Å². The molecule has 0 saturated heterocycles. The summed E-state index contributed by atoms with van der Waals surface area (Å²) in [6, 6.07) is 0. The fourth-order valence-electron chi connectivity index (χ4n) is 0. The molecule has 0 aliphatic rings. The first-order valence-electron chi connectivity index (χ1n) is 0.365. The molecule has 0 fully saturated rings. The van der Waals surface area contributed by atoms with Crippen LogP contribution in [0, 0.1) is 24.4 Å². The van der Waals surface area contributed by atoms with Gasteiger partial charge in [0.2, 0.25) is 0 Å². The van der Waals surface area contributed by atoms with Gasteiger partial charge in [0, 0.05) is 14.3 Å². The van der Waals surface area contributed by atoms with Crippen molar-refractivity contribution in [3.05, 3.63) is 10.1 Å². The van der Waals surface area contributed by atoms with Gasteiger partial charge in [-0.2, -0.15) is 0 Å². The van der Waals surface area contributed by atoms with Gasteiger partial charge in [0.25, 0.3) is 0 Å². The molecular formula is AmNO2-. The largest absolute Gasteiger partial charge is 0.444 e. The van der Waals surface area contributed by atoms with E-state index in [1.807, 2.05) is 0 Å². The van der Waals surface area contributed by atoms with Gasteiger partial charge in [-0.15, -0.1) is 5.34 Å². The molecule has 25 valence electrons. The average molecular weight is 289 g/mol. The summed E-state index contributed by atoms with van der Waals surface area (Å²) in [6.45, 7) is 0. The van der Waals surface area contributed by atoms with E-state index in [0.717, 1.165) is 5.34 Å². The third-order valence-electron chi connectivity index (χ3n) is 0. The molecule has 0 bridgehead atoms. The second-order valence-electron chi connectivity index (χ2n) is 0.0745. The van der Waals surface area contributed by atoms with Crippen LogP contribution in [0.15, 0.2) is 5.34 Å². The molecule has 0 saturated carbocycles. The summed E-state index contributed by atoms with van der Waals surface area (Å²) in [6.07, 6.45) is 0. The first-order chi connectivity index (χ1) is 1.41. The van der Waals surface area contributed by atoms with Crippen molar-refractivity contribution >= 4 is 0 Å². The fourth-order valence-corrected chi connectivity index (χ4v) is 0. The maximum Gasteiger partial charge on any atom is 0 e. The zero-order valence-corrected chi connectivity index (χ0v) is 4.79. The molecule has 0 aromatic heterocycles. The van der Waals surface area contributed by atoms with Gasteiger partial charge in [-0.3, -0.25) is 0 Å². The van der Waals surface area contributed by atoms with Gasteiger partial charge >= 0.3 is 0 Å². The van der Waals surface area contributed by atoms with Crippen LogP contribution in [0.3, 0.4) is 0 Å². The topological polar surface area (TPSA) is 52.5 Å². The molecule has 0 aromatic carbocycles. The van der Waals surface area contributed by atoms with E-state index in [0.29, 0.717) is 0 Å². The molecule has 0 atom stereocenters. The van der Waals surface area contributed by atoms with E-state index in [1.165, 1.54) is 0 Å². The predicted octanol–water partition coefficient (Wildman–Crippen LogP) is 0.251. The van der Waals surface area contributed by atoms with Crippen molar-refractivity contribution in [2.75, 3.05) is 0 Å². The monoisotopic (exact) mass is 287 g/mol. The van der Waals surface area contributed by atoms with Crippen molar-refractivity contribution < 1.29 is 14.3 Å². The van der Waals surface area contributed by atoms with E-state index in [9.17, 15) is 0 Å². The Kier molecular flexibility index (Phi) is 33.0. The molecule has 0 rings (SSSR count). The van der Waals surface area contributed by atoms with E-state index >= 15 is 0 Å². The van der Waals surface area contributed by atoms with Gasteiger partial charge in [-0.1, -0.05) is 0 Å². The fraction of sp³-hybridized carbons (Fsp3) is 0. The molecule has 0 unspecified atom stereocenters. The van der Waals surface area contributed by atoms with Gasteiger partial charge in [-0.05, 0) is 0 Å². The standard InChI is InChI=1S/Am.HNO2/c;2-1-3/h;(H,2,3)/p-1. The number of nitrogens with zero attached hydrogens (tertiary/aromatic N) is 1. The Labute approximate surface area is 30.8 Å². The third-order valence-corrected chi connectivity index (χ3v) is 0. The van der Waals surface area contributed by atoms with Crippen molar-refractivity contribution in [1.29, 1.82) is 0 Å². The minimum Gasteiger partial charge on any atom is -0.444 e. The molecule has 4 heteroatoms. The quantitative estimate of drug-likeness (QED) is 0.474. The molecule has 0 amide bonds. The zero-order valence-electron chi connectivity index (χ0n) is 1.64. The molecule has 4 heavy (non-hydrogen) atoms. The Balaban J connectivity index is 0. The summed E-state index contributed by atoms with van der Waals surface area (Å²) in [5, 5.41) is 9.00. The van der Waals surface area contributed by atoms with Crippen LogP contribution in [0.25, 0.3) is 0 Å². The Hall–Kier alpha value is -0.210. The van der Waals surface area contributed by atoms with Gasteiger partial charge in [0.15, 0.2) is 0 Å². The Bertz CT molecular complexity index is 13.5. The maximum atomic E-state index is 8.00. The molecule has 3 nitrogen and oxygen atoms in total. The maximum absolute atomic E-state index is 8.00. The molecule has 0 heterocycles. The Morgan fingerprint density at radius 1 is 1.75 bits per heavy atom. The molecular weight excluding hydrogens is 289 g/mol. The van der Waals surface area contributed by atoms with Crippen LogP contribution in [-0.2, 0) is 0 Å². The van der Waals surface area contributed by atoms with Crippen LogP contribution in [0.1, 0.15) is 0 Å². The van der Waals surface area contributed by atoms with Crippen LogP contribution in [0.4, 0.5) is 0 Å². The summed E-state index contributed by atoms with van der Waals surface area (Å²) in [5.41, 5.74) is 0. The Morgan fingerprint density at radius 3 is 1.75 bits per heavy atom. The average Bonchev–Trinajstić information content (AvgIpc) is 0.918. The number of hydrogen-bond acceptors (Lipinski definition) is 3.